The van der Waals surface area contributed by atoms with E-state index >= 15 is 0 Å². The van der Waals surface area contributed by atoms with Gasteiger partial charge >= 0.3 is 0 Å². The van der Waals surface area contributed by atoms with Gasteiger partial charge in [0, 0.05) is 23.5 Å². The van der Waals surface area contributed by atoms with Gasteiger partial charge in [-0.25, -0.2) is 0 Å². The molecule has 1 aromatic carbocycles. The van der Waals surface area contributed by atoms with Crippen LogP contribution >= 0.6 is 0 Å². The van der Waals surface area contributed by atoms with Crippen LogP contribution in [0.5, 0.6) is 0 Å². The zero-order chi connectivity index (χ0) is 16.2. The molecule has 2 N–H and O–H groups in total. The molecule has 0 radical (unpaired) electrons. The van der Waals surface area contributed by atoms with Gasteiger partial charge in [0.15, 0.2) is 0 Å². The number of ether oxygens (including phenoxy) is 1. The van der Waals surface area contributed by atoms with Gasteiger partial charge in [-0.05, 0) is 44.5 Å². The molecule has 0 unspecified atom stereocenters. The highest BCUT2D eigenvalue weighted by Crippen LogP contribution is 2.15. The fraction of sp³-hybridized carbons (Fsp3) is 0.294. The zero-order valence-electron chi connectivity index (χ0n) is 13.0. The fourth-order valence-corrected chi connectivity index (χ4v) is 1.77. The summed E-state index contributed by atoms with van der Waals surface area (Å²) in [5.74, 6) is -0.315. The molecule has 0 aliphatic heterocycles. The maximum Gasteiger partial charge on any atom is 0.255 e. The second-order valence-corrected chi connectivity index (χ2v) is 5.99. The van der Waals surface area contributed by atoms with Crippen LogP contribution in [0.3, 0.4) is 0 Å². The molecule has 22 heavy (non-hydrogen) atoms. The Kier molecular flexibility index (Phi) is 4.78. The first-order valence-electron chi connectivity index (χ1n) is 7.06. The summed E-state index contributed by atoms with van der Waals surface area (Å²) < 4.78 is 5.69. The lowest BCUT2D eigenvalue weighted by molar-refractivity contribution is -0.0149. The number of aromatic amines is 1. The number of hydrogen-bond donors (Lipinski definition) is 2. The standard InChI is InChI=1S/C17H20N2O3/c1-17(2,3)22-11-12-4-6-14(7-5-12)19-16(21)13-8-9-18-15(20)10-13/h4-10H,11H2,1-3H3,(H,18,20)(H,19,21). The number of aromatic nitrogens is 1. The lowest BCUT2D eigenvalue weighted by Gasteiger charge is -2.19. The van der Waals surface area contributed by atoms with Gasteiger partial charge < -0.3 is 15.0 Å². The summed E-state index contributed by atoms with van der Waals surface area (Å²) in [6.45, 7) is 6.53. The number of amides is 1. The first-order chi connectivity index (χ1) is 10.3. The van der Waals surface area contributed by atoms with E-state index in [-0.39, 0.29) is 17.1 Å². The second kappa shape index (κ2) is 6.58. The molecule has 2 aromatic rings. The van der Waals surface area contributed by atoms with E-state index in [9.17, 15) is 9.59 Å². The van der Waals surface area contributed by atoms with Gasteiger partial charge in [-0.2, -0.15) is 0 Å². The molecule has 0 fully saturated rings. The van der Waals surface area contributed by atoms with E-state index in [2.05, 4.69) is 10.3 Å². The summed E-state index contributed by atoms with van der Waals surface area (Å²) in [4.78, 5) is 25.7. The van der Waals surface area contributed by atoms with Crippen molar-refractivity contribution in [3.63, 3.8) is 0 Å². The molecule has 0 spiro atoms. The Morgan fingerprint density at radius 2 is 1.86 bits per heavy atom. The number of nitrogens with one attached hydrogen (secondary N) is 2. The van der Waals surface area contributed by atoms with Gasteiger partial charge in [0.2, 0.25) is 5.56 Å². The summed E-state index contributed by atoms with van der Waals surface area (Å²) in [6.07, 6.45) is 1.45. The molecule has 1 heterocycles. The van der Waals surface area contributed by atoms with Crippen molar-refractivity contribution in [1.82, 2.24) is 4.98 Å². The molecule has 5 heteroatoms. The summed E-state index contributed by atoms with van der Waals surface area (Å²) in [5.41, 5.74) is 1.54. The lowest BCUT2D eigenvalue weighted by atomic mass is 10.1. The minimum Gasteiger partial charge on any atom is -0.371 e. The van der Waals surface area contributed by atoms with Crippen molar-refractivity contribution in [3.8, 4) is 0 Å². The highest BCUT2D eigenvalue weighted by Gasteiger charge is 2.10. The van der Waals surface area contributed by atoms with Crippen molar-refractivity contribution in [2.45, 2.75) is 33.0 Å². The highest BCUT2D eigenvalue weighted by molar-refractivity contribution is 6.04. The molecule has 1 aromatic heterocycles. The Morgan fingerprint density at radius 3 is 2.45 bits per heavy atom. The largest absolute Gasteiger partial charge is 0.371 e. The van der Waals surface area contributed by atoms with E-state index in [1.165, 1.54) is 12.3 Å². The molecule has 2 rings (SSSR count). The van der Waals surface area contributed by atoms with Crippen LogP contribution in [-0.4, -0.2) is 16.5 Å². The van der Waals surface area contributed by atoms with Crippen LogP contribution in [0, 0.1) is 0 Å². The van der Waals surface area contributed by atoms with E-state index in [0.29, 0.717) is 17.9 Å². The number of pyridine rings is 1. The number of carbonyl (C=O) groups excluding carboxylic acids is 1. The molecule has 0 saturated heterocycles. The summed E-state index contributed by atoms with van der Waals surface area (Å²) in [6, 6.07) is 10.3. The van der Waals surface area contributed by atoms with Crippen LogP contribution < -0.4 is 10.9 Å². The number of anilines is 1. The van der Waals surface area contributed by atoms with Gasteiger partial charge in [0.1, 0.15) is 0 Å². The monoisotopic (exact) mass is 300 g/mol. The third-order valence-corrected chi connectivity index (χ3v) is 2.92. The first-order valence-corrected chi connectivity index (χ1v) is 7.06. The first kappa shape index (κ1) is 16.0. The van der Waals surface area contributed by atoms with E-state index in [1.807, 2.05) is 45.0 Å². The number of benzene rings is 1. The summed E-state index contributed by atoms with van der Waals surface area (Å²) in [5, 5.41) is 2.75. The number of carbonyl (C=O) groups is 1. The third-order valence-electron chi connectivity index (χ3n) is 2.92. The maximum absolute atomic E-state index is 12.0. The minimum absolute atomic E-state index is 0.187. The van der Waals surface area contributed by atoms with E-state index < -0.39 is 0 Å². The van der Waals surface area contributed by atoms with Crippen LogP contribution in [0.2, 0.25) is 0 Å². The quantitative estimate of drug-likeness (QED) is 0.912. The van der Waals surface area contributed by atoms with Crippen molar-refractivity contribution in [2.24, 2.45) is 0 Å². The Bertz CT molecular complexity index is 697. The molecule has 0 bridgehead atoms. The van der Waals surface area contributed by atoms with E-state index in [1.54, 1.807) is 6.07 Å². The van der Waals surface area contributed by atoms with Crippen molar-refractivity contribution in [1.29, 1.82) is 0 Å². The van der Waals surface area contributed by atoms with Gasteiger partial charge in [0.05, 0.1) is 12.2 Å². The van der Waals surface area contributed by atoms with Crippen LogP contribution in [0.1, 0.15) is 36.7 Å². The topological polar surface area (TPSA) is 71.2 Å². The van der Waals surface area contributed by atoms with Gasteiger partial charge in [-0.3, -0.25) is 9.59 Å². The van der Waals surface area contributed by atoms with Crippen molar-refractivity contribution >= 4 is 11.6 Å². The van der Waals surface area contributed by atoms with Crippen LogP contribution in [0.15, 0.2) is 47.4 Å². The van der Waals surface area contributed by atoms with Gasteiger partial charge in [-0.15, -0.1) is 0 Å². The van der Waals surface area contributed by atoms with Crippen LogP contribution in [0.4, 0.5) is 5.69 Å². The molecule has 1 amide bonds. The molecule has 0 saturated carbocycles. The molecular formula is C17H20N2O3. The van der Waals surface area contributed by atoms with E-state index in [4.69, 9.17) is 4.74 Å². The minimum atomic E-state index is -0.315. The normalized spacial score (nSPS) is 11.2. The van der Waals surface area contributed by atoms with Crippen molar-refractivity contribution < 1.29 is 9.53 Å². The fourth-order valence-electron chi connectivity index (χ4n) is 1.77. The Balaban J connectivity index is 1.99. The zero-order valence-corrected chi connectivity index (χ0v) is 13.0. The third kappa shape index (κ3) is 4.86. The molecule has 0 aliphatic carbocycles. The number of rotatable bonds is 4. The SMILES string of the molecule is CC(C)(C)OCc1ccc(NC(=O)c2cc[nH]c(=O)c2)cc1. The second-order valence-electron chi connectivity index (χ2n) is 5.99. The summed E-state index contributed by atoms with van der Waals surface area (Å²) >= 11 is 0. The predicted molar refractivity (Wildman–Crippen MR) is 86.0 cm³/mol. The summed E-state index contributed by atoms with van der Waals surface area (Å²) in [7, 11) is 0. The Hall–Kier alpha value is -2.40. The Morgan fingerprint density at radius 1 is 1.18 bits per heavy atom. The van der Waals surface area contributed by atoms with Crippen molar-refractivity contribution in [2.75, 3.05) is 5.32 Å². The number of hydrogen-bond acceptors (Lipinski definition) is 3. The lowest BCUT2D eigenvalue weighted by Crippen LogP contribution is -2.18. The predicted octanol–water partition coefficient (Wildman–Crippen LogP) is 2.94. The highest BCUT2D eigenvalue weighted by atomic mass is 16.5. The van der Waals surface area contributed by atoms with E-state index in [0.717, 1.165) is 5.56 Å². The number of H-pyrrole nitrogens is 1. The Labute approximate surface area is 129 Å². The molecule has 0 aliphatic rings. The van der Waals surface area contributed by atoms with Crippen LogP contribution in [0.25, 0.3) is 0 Å². The smallest absolute Gasteiger partial charge is 0.255 e. The average molecular weight is 300 g/mol. The maximum atomic E-state index is 12.0. The molecule has 0 atom stereocenters. The van der Waals surface area contributed by atoms with Gasteiger partial charge in [-0.1, -0.05) is 12.1 Å². The molecular weight excluding hydrogens is 280 g/mol. The average Bonchev–Trinajstić information content (AvgIpc) is 2.46. The van der Waals surface area contributed by atoms with Gasteiger partial charge in [0.25, 0.3) is 5.91 Å². The molecule has 5 nitrogen and oxygen atoms in total. The van der Waals surface area contributed by atoms with Crippen molar-refractivity contribution in [3.05, 3.63) is 64.1 Å². The van der Waals surface area contributed by atoms with Crippen LogP contribution in [-0.2, 0) is 11.3 Å². The molecule has 116 valence electrons.